The summed E-state index contributed by atoms with van der Waals surface area (Å²) >= 11 is 18.4. The lowest BCUT2D eigenvalue weighted by molar-refractivity contribution is 0.102. The van der Waals surface area contributed by atoms with E-state index in [1.807, 2.05) is 73.5 Å². The first kappa shape index (κ1) is 24.3. The zero-order valence-corrected chi connectivity index (χ0v) is 21.6. The summed E-state index contributed by atoms with van der Waals surface area (Å²) in [7, 11) is 0. The van der Waals surface area contributed by atoms with E-state index in [1.165, 1.54) is 0 Å². The van der Waals surface area contributed by atoms with Gasteiger partial charge in [0.15, 0.2) is 0 Å². The number of carbonyl (C=O) groups is 1. The molecule has 0 aliphatic carbocycles. The average molecular weight is 517 g/mol. The molecule has 0 radical (unpaired) electrons. The molecule has 0 aliphatic heterocycles. The fourth-order valence-corrected chi connectivity index (χ4v) is 4.25. The normalized spacial score (nSPS) is 11.1. The van der Waals surface area contributed by atoms with Crippen molar-refractivity contribution in [1.29, 1.82) is 0 Å². The minimum atomic E-state index is -0.194. The van der Waals surface area contributed by atoms with Crippen LogP contribution in [0, 0.1) is 27.7 Å². The second kappa shape index (κ2) is 9.82. The number of hydrogen-bond donors (Lipinski definition) is 1. The Hall–Kier alpha value is -2.80. The molecular formula is C25H24Cl3N5O. The minimum absolute atomic E-state index is 0.194. The Morgan fingerprint density at radius 3 is 2.00 bits per heavy atom. The van der Waals surface area contributed by atoms with Gasteiger partial charge < -0.3 is 5.32 Å². The first-order valence-electron chi connectivity index (χ1n) is 10.7. The van der Waals surface area contributed by atoms with Crippen LogP contribution in [0.4, 0.5) is 5.69 Å². The van der Waals surface area contributed by atoms with Gasteiger partial charge in [0.25, 0.3) is 5.91 Å². The standard InChI is InChI=1S/C25H24Cl3N5O/c1-14-23(28)16(3)32(30-14)12-18-5-8-20(9-6-18)25(34)29-24-15(2)31-33(17(24)4)13-19-7-10-21(26)22(27)11-19/h5-11H,12-13H2,1-4H3,(H,29,34). The van der Waals surface area contributed by atoms with Gasteiger partial charge in [0.05, 0.1) is 56.6 Å². The monoisotopic (exact) mass is 515 g/mol. The lowest BCUT2D eigenvalue weighted by Gasteiger charge is -2.09. The molecule has 9 heteroatoms. The number of carbonyl (C=O) groups excluding carboxylic acids is 1. The summed E-state index contributed by atoms with van der Waals surface area (Å²) < 4.78 is 3.70. The van der Waals surface area contributed by atoms with Crippen molar-refractivity contribution < 1.29 is 4.79 Å². The predicted octanol–water partition coefficient (Wildman–Crippen LogP) is 6.62. The second-order valence-corrected chi connectivity index (χ2v) is 9.44. The number of nitrogens with one attached hydrogen (secondary N) is 1. The molecule has 2 aromatic heterocycles. The van der Waals surface area contributed by atoms with Gasteiger partial charge >= 0.3 is 0 Å². The summed E-state index contributed by atoms with van der Waals surface area (Å²) in [6.45, 7) is 8.73. The highest BCUT2D eigenvalue weighted by Crippen LogP contribution is 2.25. The van der Waals surface area contributed by atoms with Crippen molar-refractivity contribution in [3.8, 4) is 0 Å². The van der Waals surface area contributed by atoms with Crippen molar-refractivity contribution in [2.24, 2.45) is 0 Å². The van der Waals surface area contributed by atoms with Crippen LogP contribution in [0.25, 0.3) is 0 Å². The molecule has 0 fully saturated rings. The molecule has 2 heterocycles. The van der Waals surface area contributed by atoms with Crippen LogP contribution >= 0.6 is 34.8 Å². The smallest absolute Gasteiger partial charge is 0.255 e. The molecule has 4 aromatic rings. The highest BCUT2D eigenvalue weighted by atomic mass is 35.5. The van der Waals surface area contributed by atoms with Crippen LogP contribution in [0.2, 0.25) is 15.1 Å². The third-order valence-electron chi connectivity index (χ3n) is 5.78. The highest BCUT2D eigenvalue weighted by Gasteiger charge is 2.16. The first-order chi connectivity index (χ1) is 16.1. The van der Waals surface area contributed by atoms with E-state index in [9.17, 15) is 4.79 Å². The van der Waals surface area contributed by atoms with Crippen LogP contribution in [0.15, 0.2) is 42.5 Å². The van der Waals surface area contributed by atoms with E-state index < -0.39 is 0 Å². The molecule has 1 N–H and O–H groups in total. The number of nitrogens with zero attached hydrogens (tertiary/aromatic N) is 4. The second-order valence-electron chi connectivity index (χ2n) is 8.25. The summed E-state index contributed by atoms with van der Waals surface area (Å²) in [5.74, 6) is -0.194. The molecule has 0 unspecified atom stereocenters. The molecule has 4 rings (SSSR count). The zero-order valence-electron chi connectivity index (χ0n) is 19.3. The van der Waals surface area contributed by atoms with Crippen molar-refractivity contribution in [1.82, 2.24) is 19.6 Å². The first-order valence-corrected chi connectivity index (χ1v) is 11.8. The molecule has 0 saturated carbocycles. The Kier molecular flexibility index (Phi) is 7.03. The fraction of sp³-hybridized carbons (Fsp3) is 0.240. The summed E-state index contributed by atoms with van der Waals surface area (Å²) in [5, 5.41) is 13.7. The third-order valence-corrected chi connectivity index (χ3v) is 7.06. The quantitative estimate of drug-likeness (QED) is 0.313. The van der Waals surface area contributed by atoms with Crippen molar-refractivity contribution in [3.05, 3.63) is 97.0 Å². The molecule has 6 nitrogen and oxygen atoms in total. The maximum absolute atomic E-state index is 12.9. The van der Waals surface area contributed by atoms with Gasteiger partial charge in [-0.2, -0.15) is 10.2 Å². The lowest BCUT2D eigenvalue weighted by atomic mass is 10.1. The van der Waals surface area contributed by atoms with E-state index >= 15 is 0 Å². The van der Waals surface area contributed by atoms with Crippen molar-refractivity contribution in [3.63, 3.8) is 0 Å². The predicted molar refractivity (Wildman–Crippen MR) is 137 cm³/mol. The molecule has 0 atom stereocenters. The van der Waals surface area contributed by atoms with Gasteiger partial charge in [-0.15, -0.1) is 0 Å². The molecule has 1 amide bonds. The summed E-state index contributed by atoms with van der Waals surface area (Å²) in [5.41, 5.74) is 6.58. The highest BCUT2D eigenvalue weighted by molar-refractivity contribution is 6.42. The molecular weight excluding hydrogens is 493 g/mol. The van der Waals surface area contributed by atoms with Crippen LogP contribution in [0.5, 0.6) is 0 Å². The zero-order chi connectivity index (χ0) is 24.6. The Morgan fingerprint density at radius 2 is 1.38 bits per heavy atom. The van der Waals surface area contributed by atoms with E-state index in [-0.39, 0.29) is 5.91 Å². The lowest BCUT2D eigenvalue weighted by Crippen LogP contribution is -2.13. The van der Waals surface area contributed by atoms with Crippen LogP contribution in [0.3, 0.4) is 0 Å². The van der Waals surface area contributed by atoms with E-state index in [1.54, 1.807) is 6.07 Å². The number of amides is 1. The van der Waals surface area contributed by atoms with Gasteiger partial charge in [0.2, 0.25) is 0 Å². The molecule has 176 valence electrons. The number of benzene rings is 2. The number of aryl methyl sites for hydroxylation is 2. The van der Waals surface area contributed by atoms with Gasteiger partial charge in [-0.1, -0.05) is 53.0 Å². The number of halogens is 3. The van der Waals surface area contributed by atoms with Crippen molar-refractivity contribution in [2.75, 3.05) is 5.32 Å². The molecule has 0 bridgehead atoms. The van der Waals surface area contributed by atoms with Gasteiger partial charge in [-0.05, 0) is 63.1 Å². The maximum atomic E-state index is 12.9. The Labute approximate surface area is 213 Å². The minimum Gasteiger partial charge on any atom is -0.319 e. The van der Waals surface area contributed by atoms with Crippen LogP contribution < -0.4 is 5.32 Å². The van der Waals surface area contributed by atoms with Crippen molar-refractivity contribution >= 4 is 46.4 Å². The van der Waals surface area contributed by atoms with E-state index in [2.05, 4.69) is 15.5 Å². The third kappa shape index (κ3) is 4.99. The SMILES string of the molecule is Cc1nn(Cc2ccc(C(=O)Nc3c(C)nn(Cc4ccc(Cl)c(Cl)c4)c3C)cc2)c(C)c1Cl. The van der Waals surface area contributed by atoms with Crippen LogP contribution in [-0.2, 0) is 13.1 Å². The summed E-state index contributed by atoms with van der Waals surface area (Å²) in [6, 6.07) is 13.0. The number of anilines is 1. The summed E-state index contributed by atoms with van der Waals surface area (Å²) in [6.07, 6.45) is 0. The molecule has 2 aromatic carbocycles. The topological polar surface area (TPSA) is 64.7 Å². The van der Waals surface area contributed by atoms with Crippen LogP contribution in [-0.4, -0.2) is 25.5 Å². The largest absolute Gasteiger partial charge is 0.319 e. The Balaban J connectivity index is 1.47. The average Bonchev–Trinajstić information content (AvgIpc) is 3.20. The van der Waals surface area contributed by atoms with Gasteiger partial charge in [-0.3, -0.25) is 14.2 Å². The van der Waals surface area contributed by atoms with Crippen LogP contribution in [0.1, 0.15) is 44.3 Å². The fourth-order valence-electron chi connectivity index (χ4n) is 3.79. The summed E-state index contributed by atoms with van der Waals surface area (Å²) in [4.78, 5) is 12.9. The van der Waals surface area contributed by atoms with E-state index in [0.717, 1.165) is 33.9 Å². The molecule has 0 spiro atoms. The molecule has 0 aliphatic rings. The maximum Gasteiger partial charge on any atom is 0.255 e. The van der Waals surface area contributed by atoms with Gasteiger partial charge in [-0.25, -0.2) is 0 Å². The number of rotatable bonds is 6. The Morgan fingerprint density at radius 1 is 0.794 bits per heavy atom. The van der Waals surface area contributed by atoms with Crippen molar-refractivity contribution in [2.45, 2.75) is 40.8 Å². The molecule has 0 saturated heterocycles. The van der Waals surface area contributed by atoms with E-state index in [4.69, 9.17) is 34.8 Å². The number of hydrogen-bond acceptors (Lipinski definition) is 3. The van der Waals surface area contributed by atoms with Gasteiger partial charge in [0, 0.05) is 5.56 Å². The van der Waals surface area contributed by atoms with Gasteiger partial charge in [0.1, 0.15) is 0 Å². The Bertz CT molecular complexity index is 1370. The van der Waals surface area contributed by atoms with E-state index in [0.29, 0.717) is 39.4 Å². The molecule has 34 heavy (non-hydrogen) atoms. The number of aromatic nitrogens is 4.